The van der Waals surface area contributed by atoms with E-state index in [0.717, 1.165) is 5.56 Å². The third-order valence-electron chi connectivity index (χ3n) is 3.60. The first-order valence-electron chi connectivity index (χ1n) is 7.37. The zero-order valence-corrected chi connectivity index (χ0v) is 14.6. The van der Waals surface area contributed by atoms with E-state index in [0.29, 0.717) is 29.3 Å². The molecule has 130 valence electrons. The van der Waals surface area contributed by atoms with Gasteiger partial charge in [0, 0.05) is 18.9 Å². The average molecular weight is 379 g/mol. The zero-order chi connectivity index (χ0) is 18.0. The van der Waals surface area contributed by atoms with Crippen molar-refractivity contribution in [1.29, 1.82) is 0 Å². The molecule has 0 spiro atoms. The normalized spacial score (nSPS) is 11.6. The highest BCUT2D eigenvalue weighted by Crippen LogP contribution is 2.12. The summed E-state index contributed by atoms with van der Waals surface area (Å²) in [5.74, 6) is -0.291. The first-order chi connectivity index (χ1) is 11.8. The van der Waals surface area contributed by atoms with E-state index in [1.807, 2.05) is 0 Å². The number of aromatic nitrogens is 2. The van der Waals surface area contributed by atoms with Crippen LogP contribution in [0.4, 0.5) is 0 Å². The third kappa shape index (κ3) is 4.16. The number of carbonyl (C=O) groups excluding carboxylic acids is 1. The number of nitrogens with two attached hydrogens (primary N) is 1. The van der Waals surface area contributed by atoms with Crippen molar-refractivity contribution < 1.29 is 13.2 Å². The molecular weight excluding hydrogens is 364 g/mol. The minimum absolute atomic E-state index is 0.0589. The summed E-state index contributed by atoms with van der Waals surface area (Å²) >= 11 is 5.90. The maximum Gasteiger partial charge on any atom is 0.271 e. The summed E-state index contributed by atoms with van der Waals surface area (Å²) in [7, 11) is -3.70. The van der Waals surface area contributed by atoms with E-state index in [1.165, 1.54) is 12.1 Å². The van der Waals surface area contributed by atoms with Crippen LogP contribution in [0.3, 0.4) is 0 Å². The van der Waals surface area contributed by atoms with E-state index in [-0.39, 0.29) is 10.8 Å². The molecule has 7 nitrogen and oxygen atoms in total. The number of carbonyl (C=O) groups is 1. The molecule has 0 aliphatic heterocycles. The van der Waals surface area contributed by atoms with E-state index in [9.17, 15) is 13.2 Å². The van der Waals surface area contributed by atoms with E-state index >= 15 is 0 Å². The molecule has 0 unspecified atom stereocenters. The van der Waals surface area contributed by atoms with Gasteiger partial charge in [0.25, 0.3) is 5.91 Å². The van der Waals surface area contributed by atoms with Crippen molar-refractivity contribution in [2.75, 3.05) is 6.54 Å². The van der Waals surface area contributed by atoms with Crippen molar-refractivity contribution in [3.63, 3.8) is 0 Å². The van der Waals surface area contributed by atoms with E-state index in [4.69, 9.17) is 16.7 Å². The standard InChI is InChI=1S/C16H15ClN4O3S/c17-12-3-6-15-20-14(10-21(15)9-12)16(22)19-8-7-11-1-4-13(5-2-11)25(18,23)24/h1-6,9-10H,7-8H2,(H,19,22)(H2,18,23,24). The number of hydrogen-bond acceptors (Lipinski definition) is 4. The summed E-state index contributed by atoms with van der Waals surface area (Å²) in [6.45, 7) is 0.391. The van der Waals surface area contributed by atoms with Crippen molar-refractivity contribution in [3.8, 4) is 0 Å². The summed E-state index contributed by atoms with van der Waals surface area (Å²) in [6, 6.07) is 9.65. The maximum absolute atomic E-state index is 12.2. The molecule has 9 heteroatoms. The molecule has 25 heavy (non-hydrogen) atoms. The molecule has 1 aromatic carbocycles. The average Bonchev–Trinajstić information content (AvgIpc) is 2.97. The topological polar surface area (TPSA) is 107 Å². The highest BCUT2D eigenvalue weighted by atomic mass is 35.5. The van der Waals surface area contributed by atoms with Gasteiger partial charge in [-0.2, -0.15) is 0 Å². The maximum atomic E-state index is 12.2. The van der Waals surface area contributed by atoms with Crippen LogP contribution in [0, 0.1) is 0 Å². The Kier molecular flexibility index (Phi) is 4.76. The van der Waals surface area contributed by atoms with Gasteiger partial charge in [-0.3, -0.25) is 4.79 Å². The molecule has 0 fully saturated rings. The molecule has 0 radical (unpaired) electrons. The highest BCUT2D eigenvalue weighted by molar-refractivity contribution is 7.89. The first kappa shape index (κ1) is 17.4. The van der Waals surface area contributed by atoms with Gasteiger partial charge in [-0.05, 0) is 36.2 Å². The van der Waals surface area contributed by atoms with Gasteiger partial charge in [-0.15, -0.1) is 0 Å². The lowest BCUT2D eigenvalue weighted by Gasteiger charge is -2.04. The van der Waals surface area contributed by atoms with Gasteiger partial charge in [0.1, 0.15) is 11.3 Å². The van der Waals surface area contributed by atoms with Crippen LogP contribution < -0.4 is 10.5 Å². The second-order valence-electron chi connectivity index (χ2n) is 5.43. The number of nitrogens with zero attached hydrogens (tertiary/aromatic N) is 2. The third-order valence-corrected chi connectivity index (χ3v) is 4.75. The smallest absolute Gasteiger partial charge is 0.271 e. The number of amides is 1. The van der Waals surface area contributed by atoms with E-state index in [1.54, 1.807) is 41.1 Å². The largest absolute Gasteiger partial charge is 0.350 e. The van der Waals surface area contributed by atoms with Crippen LogP contribution in [0.5, 0.6) is 0 Å². The van der Waals surface area contributed by atoms with Crippen LogP contribution in [0.15, 0.2) is 53.7 Å². The second kappa shape index (κ2) is 6.83. The second-order valence-corrected chi connectivity index (χ2v) is 7.43. The van der Waals surface area contributed by atoms with Gasteiger partial charge < -0.3 is 9.72 Å². The molecule has 3 rings (SSSR count). The summed E-state index contributed by atoms with van der Waals surface area (Å²) in [5, 5.41) is 8.38. The van der Waals surface area contributed by atoms with Crippen molar-refractivity contribution >= 4 is 33.2 Å². The van der Waals surface area contributed by atoms with Gasteiger partial charge >= 0.3 is 0 Å². The Morgan fingerprint density at radius 1 is 1.16 bits per heavy atom. The van der Waals surface area contributed by atoms with Crippen LogP contribution in [0.2, 0.25) is 5.02 Å². The monoisotopic (exact) mass is 378 g/mol. The van der Waals surface area contributed by atoms with E-state index in [2.05, 4.69) is 10.3 Å². The fourth-order valence-corrected chi connectivity index (χ4v) is 3.01. The van der Waals surface area contributed by atoms with Crippen molar-refractivity contribution in [3.05, 3.63) is 65.1 Å². The van der Waals surface area contributed by atoms with Crippen LogP contribution in [0.1, 0.15) is 16.1 Å². The SMILES string of the molecule is NS(=O)(=O)c1ccc(CCNC(=O)c2cn3cc(Cl)ccc3n2)cc1. The minimum Gasteiger partial charge on any atom is -0.350 e. The molecule has 0 aliphatic carbocycles. The van der Waals surface area contributed by atoms with Gasteiger partial charge in [0.2, 0.25) is 10.0 Å². The molecular formula is C16H15ClN4O3S. The molecule has 3 aromatic rings. The first-order valence-corrected chi connectivity index (χ1v) is 9.29. The fourth-order valence-electron chi connectivity index (χ4n) is 2.33. The van der Waals surface area contributed by atoms with Gasteiger partial charge in [-0.1, -0.05) is 23.7 Å². The summed E-state index contributed by atoms with van der Waals surface area (Å²) in [4.78, 5) is 16.4. The minimum atomic E-state index is -3.70. The molecule has 3 N–H and O–H groups in total. The number of rotatable bonds is 5. The van der Waals surface area contributed by atoms with Crippen LogP contribution in [-0.2, 0) is 16.4 Å². The zero-order valence-electron chi connectivity index (χ0n) is 13.0. The lowest BCUT2D eigenvalue weighted by molar-refractivity contribution is 0.0949. The van der Waals surface area contributed by atoms with Gasteiger partial charge in [0.05, 0.1) is 9.92 Å². The number of halogens is 1. The number of imidazole rings is 1. The molecule has 0 atom stereocenters. The fraction of sp³-hybridized carbons (Fsp3) is 0.125. The van der Waals surface area contributed by atoms with Crippen molar-refractivity contribution in [1.82, 2.24) is 14.7 Å². The quantitative estimate of drug-likeness (QED) is 0.703. The Morgan fingerprint density at radius 3 is 2.56 bits per heavy atom. The number of fused-ring (bicyclic) bond motifs is 1. The molecule has 0 saturated heterocycles. The number of benzene rings is 1. The summed E-state index contributed by atoms with van der Waals surface area (Å²) < 4.78 is 24.1. The summed E-state index contributed by atoms with van der Waals surface area (Å²) in [5.41, 5.74) is 1.81. The van der Waals surface area contributed by atoms with Crippen LogP contribution in [-0.4, -0.2) is 30.3 Å². The number of hydrogen-bond donors (Lipinski definition) is 2. The number of nitrogens with one attached hydrogen (secondary N) is 1. The van der Waals surface area contributed by atoms with Crippen molar-refractivity contribution in [2.45, 2.75) is 11.3 Å². The van der Waals surface area contributed by atoms with E-state index < -0.39 is 10.0 Å². The molecule has 2 aromatic heterocycles. The number of sulfonamides is 1. The molecule has 0 bridgehead atoms. The predicted octanol–water partition coefficient (Wildman–Crippen LogP) is 1.61. The van der Waals surface area contributed by atoms with Crippen molar-refractivity contribution in [2.24, 2.45) is 5.14 Å². The van der Waals surface area contributed by atoms with Gasteiger partial charge in [-0.25, -0.2) is 18.5 Å². The highest BCUT2D eigenvalue weighted by Gasteiger charge is 2.11. The Bertz CT molecular complexity index is 1030. The van der Waals surface area contributed by atoms with Gasteiger partial charge in [0.15, 0.2) is 0 Å². The molecule has 1 amide bonds. The summed E-state index contributed by atoms with van der Waals surface area (Å²) in [6.07, 6.45) is 3.83. The molecule has 0 aliphatic rings. The Hall–Kier alpha value is -2.42. The Labute approximate surface area is 149 Å². The van der Waals surface area contributed by atoms with Crippen LogP contribution in [0.25, 0.3) is 5.65 Å². The number of pyridine rings is 1. The lowest BCUT2D eigenvalue weighted by Crippen LogP contribution is -2.26. The predicted molar refractivity (Wildman–Crippen MR) is 94.1 cm³/mol. The number of primary sulfonamides is 1. The Morgan fingerprint density at radius 2 is 1.88 bits per heavy atom. The lowest BCUT2D eigenvalue weighted by atomic mass is 10.1. The van der Waals surface area contributed by atoms with Crippen LogP contribution >= 0.6 is 11.6 Å². The molecule has 0 saturated carbocycles. The molecule has 2 heterocycles. The Balaban J connectivity index is 1.60.